The molecule has 1 aromatic heterocycles. The first-order valence-electron chi connectivity index (χ1n) is 8.37. The maximum atomic E-state index is 11.6. The van der Waals surface area contributed by atoms with E-state index in [2.05, 4.69) is 45.0 Å². The quantitative estimate of drug-likeness (QED) is 0.461. The normalized spacial score (nSPS) is 16.6. The number of ether oxygens (including phenoxy) is 1. The van der Waals surface area contributed by atoms with Gasteiger partial charge in [-0.2, -0.15) is 0 Å². The van der Waals surface area contributed by atoms with Crippen molar-refractivity contribution in [2.45, 2.75) is 24.5 Å². The van der Waals surface area contributed by atoms with Crippen LogP contribution in [0.2, 0.25) is 0 Å². The van der Waals surface area contributed by atoms with E-state index in [-0.39, 0.29) is 16.4 Å². The van der Waals surface area contributed by atoms with Crippen molar-refractivity contribution in [2.75, 3.05) is 11.0 Å². The highest BCUT2D eigenvalue weighted by Gasteiger charge is 2.31. The van der Waals surface area contributed by atoms with Gasteiger partial charge in [0.1, 0.15) is 5.75 Å². The van der Waals surface area contributed by atoms with Gasteiger partial charge in [0.15, 0.2) is 0 Å². The molecule has 1 unspecified atom stereocenters. The molecular formula is C19H19IN2O3S. The van der Waals surface area contributed by atoms with E-state index in [1.165, 1.54) is 5.56 Å². The van der Waals surface area contributed by atoms with E-state index in [0.717, 1.165) is 46.0 Å². The van der Waals surface area contributed by atoms with Crippen LogP contribution in [0.5, 0.6) is 5.75 Å². The van der Waals surface area contributed by atoms with E-state index in [4.69, 9.17) is 4.74 Å². The van der Waals surface area contributed by atoms with Gasteiger partial charge in [-0.1, -0.05) is 52.6 Å². The Kier molecular flexibility index (Phi) is 6.90. The van der Waals surface area contributed by atoms with Gasteiger partial charge < -0.3 is 4.74 Å². The number of pyridine rings is 1. The molecule has 3 rings (SSSR count). The number of hydrogen-bond acceptors (Lipinski definition) is 5. The maximum Gasteiger partial charge on any atom is 0.286 e. The molecule has 1 aliphatic heterocycles. The molecule has 1 aliphatic rings. The zero-order valence-corrected chi connectivity index (χ0v) is 17.1. The summed E-state index contributed by atoms with van der Waals surface area (Å²) in [5.74, 6) is 0.576. The Morgan fingerprint density at radius 3 is 2.46 bits per heavy atom. The van der Waals surface area contributed by atoms with Crippen molar-refractivity contribution in [3.8, 4) is 5.75 Å². The third kappa shape index (κ3) is 5.44. The molecule has 1 atom stereocenters. The molecule has 2 aromatic rings. The Bertz CT molecular complexity index is 765. The standard InChI is InChI=1S/C19H19IN2O3S/c20-9-7-14-1-4-15(21-12-14)8-10-25-16-5-2-13(3-6-16)11-17-18(23)22-19(24)26-17/h1-6,12,17H,7-11H2,(H,22,23,24). The van der Waals surface area contributed by atoms with Crippen LogP contribution in [0.15, 0.2) is 42.6 Å². The molecule has 0 bridgehead atoms. The Hall–Kier alpha value is -1.61. The van der Waals surface area contributed by atoms with E-state index < -0.39 is 0 Å². The van der Waals surface area contributed by atoms with E-state index in [0.29, 0.717) is 13.0 Å². The number of carbonyl (C=O) groups excluding carboxylic acids is 2. The number of nitrogens with one attached hydrogen (secondary N) is 1. The Balaban J connectivity index is 1.45. The highest BCUT2D eigenvalue weighted by Crippen LogP contribution is 2.23. The molecular weight excluding hydrogens is 463 g/mol. The lowest BCUT2D eigenvalue weighted by atomic mass is 10.1. The summed E-state index contributed by atoms with van der Waals surface area (Å²) in [6, 6.07) is 11.8. The van der Waals surface area contributed by atoms with Crippen molar-refractivity contribution in [3.05, 3.63) is 59.4 Å². The first-order valence-corrected chi connectivity index (χ1v) is 10.8. The summed E-state index contributed by atoms with van der Waals surface area (Å²) < 4.78 is 6.87. The number of imide groups is 1. The molecule has 26 heavy (non-hydrogen) atoms. The van der Waals surface area contributed by atoms with Gasteiger partial charge in [-0.15, -0.1) is 0 Å². The number of halogens is 1. The van der Waals surface area contributed by atoms with Gasteiger partial charge in [0.05, 0.1) is 11.9 Å². The Morgan fingerprint density at radius 2 is 1.85 bits per heavy atom. The summed E-state index contributed by atoms with van der Waals surface area (Å²) in [4.78, 5) is 27.3. The van der Waals surface area contributed by atoms with Crippen LogP contribution >= 0.6 is 34.4 Å². The number of alkyl halides is 1. The second kappa shape index (κ2) is 9.36. The van der Waals surface area contributed by atoms with Crippen LogP contribution < -0.4 is 10.1 Å². The third-order valence-electron chi connectivity index (χ3n) is 4.01. The lowest BCUT2D eigenvalue weighted by Gasteiger charge is -2.09. The topological polar surface area (TPSA) is 68.3 Å². The van der Waals surface area contributed by atoms with E-state index in [1.54, 1.807) is 0 Å². The van der Waals surface area contributed by atoms with Gasteiger partial charge in [-0.25, -0.2) is 0 Å². The van der Waals surface area contributed by atoms with Crippen LogP contribution in [0, 0.1) is 0 Å². The highest BCUT2D eigenvalue weighted by molar-refractivity contribution is 14.1. The summed E-state index contributed by atoms with van der Waals surface area (Å²) in [5, 5.41) is 1.70. The molecule has 2 heterocycles. The van der Waals surface area contributed by atoms with Gasteiger partial charge in [-0.05, 0) is 42.2 Å². The van der Waals surface area contributed by atoms with Crippen molar-refractivity contribution in [2.24, 2.45) is 0 Å². The predicted molar refractivity (Wildman–Crippen MR) is 111 cm³/mol. The average molecular weight is 482 g/mol. The number of benzene rings is 1. The predicted octanol–water partition coefficient (Wildman–Crippen LogP) is 3.57. The Labute approximate surface area is 170 Å². The fourth-order valence-electron chi connectivity index (χ4n) is 2.60. The van der Waals surface area contributed by atoms with Crippen LogP contribution in [0.25, 0.3) is 0 Å². The van der Waals surface area contributed by atoms with Gasteiger partial charge in [0.25, 0.3) is 5.24 Å². The Morgan fingerprint density at radius 1 is 1.08 bits per heavy atom. The molecule has 1 saturated heterocycles. The fraction of sp³-hybridized carbons (Fsp3) is 0.316. The number of aryl methyl sites for hydroxylation is 1. The molecule has 1 N–H and O–H groups in total. The molecule has 5 nitrogen and oxygen atoms in total. The lowest BCUT2D eigenvalue weighted by molar-refractivity contribution is -0.118. The largest absolute Gasteiger partial charge is 0.493 e. The van der Waals surface area contributed by atoms with E-state index in [9.17, 15) is 9.59 Å². The zero-order chi connectivity index (χ0) is 18.4. The van der Waals surface area contributed by atoms with Crippen LogP contribution in [-0.4, -0.2) is 32.4 Å². The van der Waals surface area contributed by atoms with Crippen molar-refractivity contribution in [1.29, 1.82) is 0 Å². The molecule has 7 heteroatoms. The second-order valence-corrected chi connectivity index (χ2v) is 8.18. The second-order valence-electron chi connectivity index (χ2n) is 5.93. The molecule has 0 saturated carbocycles. The van der Waals surface area contributed by atoms with E-state index in [1.807, 2.05) is 30.5 Å². The number of nitrogens with zero attached hydrogens (tertiary/aromatic N) is 1. The highest BCUT2D eigenvalue weighted by atomic mass is 127. The molecule has 1 fully saturated rings. The van der Waals surface area contributed by atoms with Crippen molar-refractivity contribution >= 4 is 45.5 Å². The first kappa shape index (κ1) is 19.2. The summed E-state index contributed by atoms with van der Waals surface area (Å²) in [7, 11) is 0. The molecule has 0 radical (unpaired) electrons. The fourth-order valence-corrected chi connectivity index (χ4v) is 4.08. The minimum atomic E-state index is -0.337. The SMILES string of the molecule is O=C1NC(=O)C(Cc2ccc(OCCc3ccc(CCI)cn3)cc2)S1. The summed E-state index contributed by atoms with van der Waals surface area (Å²) in [6.07, 6.45) is 4.28. The molecule has 1 aromatic carbocycles. The van der Waals surface area contributed by atoms with Crippen LogP contribution in [0.1, 0.15) is 16.8 Å². The summed E-state index contributed by atoms with van der Waals surface area (Å²) in [6.45, 7) is 0.563. The maximum absolute atomic E-state index is 11.6. The molecule has 0 aliphatic carbocycles. The van der Waals surface area contributed by atoms with Gasteiger partial charge in [0.2, 0.25) is 5.91 Å². The van der Waals surface area contributed by atoms with Gasteiger partial charge in [0, 0.05) is 22.7 Å². The number of aromatic nitrogens is 1. The molecule has 136 valence electrons. The van der Waals surface area contributed by atoms with Crippen molar-refractivity contribution in [3.63, 3.8) is 0 Å². The average Bonchev–Trinajstić information content (AvgIpc) is 2.95. The third-order valence-corrected chi connectivity index (χ3v) is 5.53. The van der Waals surface area contributed by atoms with E-state index >= 15 is 0 Å². The van der Waals surface area contributed by atoms with Crippen molar-refractivity contribution < 1.29 is 14.3 Å². The molecule has 2 amide bonds. The minimum Gasteiger partial charge on any atom is -0.493 e. The van der Waals surface area contributed by atoms with Crippen LogP contribution in [0.3, 0.4) is 0 Å². The van der Waals surface area contributed by atoms with Crippen molar-refractivity contribution in [1.82, 2.24) is 10.3 Å². The lowest BCUT2D eigenvalue weighted by Crippen LogP contribution is -2.25. The minimum absolute atomic E-state index is 0.211. The van der Waals surface area contributed by atoms with Crippen LogP contribution in [-0.2, 0) is 24.1 Å². The first-order chi connectivity index (χ1) is 12.6. The number of carbonyl (C=O) groups is 2. The smallest absolute Gasteiger partial charge is 0.286 e. The summed E-state index contributed by atoms with van der Waals surface area (Å²) >= 11 is 3.41. The summed E-state index contributed by atoms with van der Waals surface area (Å²) in [5.41, 5.74) is 3.29. The van der Waals surface area contributed by atoms with Gasteiger partial charge >= 0.3 is 0 Å². The number of hydrogen-bond donors (Lipinski definition) is 1. The number of amides is 2. The zero-order valence-electron chi connectivity index (χ0n) is 14.1. The van der Waals surface area contributed by atoms with Crippen LogP contribution in [0.4, 0.5) is 4.79 Å². The number of rotatable bonds is 8. The molecule has 0 spiro atoms. The number of thioether (sulfide) groups is 1. The van der Waals surface area contributed by atoms with Gasteiger partial charge in [-0.3, -0.25) is 19.9 Å². The monoisotopic (exact) mass is 482 g/mol.